The SMILES string of the molecule is CCNC(=O)c1nn(-c2ccc(Cl)cc2Cl)c(Oc2ccc(Cl)cc2)c1CNC(C)CC. The highest BCUT2D eigenvalue weighted by atomic mass is 35.5. The number of benzene rings is 2. The molecular weight excluding hydrogens is 471 g/mol. The fourth-order valence-electron chi connectivity index (χ4n) is 2.98. The van der Waals surface area contributed by atoms with Crippen LogP contribution in [-0.4, -0.2) is 28.3 Å². The predicted octanol–water partition coefficient (Wildman–Crippen LogP) is 6.26. The van der Waals surface area contributed by atoms with Gasteiger partial charge in [0.25, 0.3) is 5.91 Å². The van der Waals surface area contributed by atoms with Crippen LogP contribution < -0.4 is 15.4 Å². The topological polar surface area (TPSA) is 68.2 Å². The molecule has 1 unspecified atom stereocenters. The van der Waals surface area contributed by atoms with E-state index in [1.54, 1.807) is 42.5 Å². The second-order valence-corrected chi connectivity index (χ2v) is 8.53. The number of ether oxygens (including phenoxy) is 1. The minimum absolute atomic E-state index is 0.239. The zero-order valence-corrected chi connectivity index (χ0v) is 20.4. The molecule has 1 amide bonds. The molecule has 0 aliphatic carbocycles. The average molecular weight is 496 g/mol. The lowest BCUT2D eigenvalue weighted by Gasteiger charge is -2.15. The molecule has 1 atom stereocenters. The van der Waals surface area contributed by atoms with E-state index in [0.717, 1.165) is 6.42 Å². The average Bonchev–Trinajstić information content (AvgIpc) is 3.11. The Morgan fingerprint density at radius 3 is 2.41 bits per heavy atom. The number of hydrogen-bond acceptors (Lipinski definition) is 4. The molecule has 0 bridgehead atoms. The first-order chi connectivity index (χ1) is 15.3. The van der Waals surface area contributed by atoms with Crippen molar-refractivity contribution in [2.24, 2.45) is 0 Å². The molecule has 3 rings (SSSR count). The normalized spacial score (nSPS) is 11.9. The lowest BCUT2D eigenvalue weighted by atomic mass is 10.2. The van der Waals surface area contributed by atoms with Gasteiger partial charge in [0.1, 0.15) is 5.75 Å². The van der Waals surface area contributed by atoms with E-state index in [-0.39, 0.29) is 17.6 Å². The van der Waals surface area contributed by atoms with Crippen LogP contribution in [-0.2, 0) is 6.54 Å². The van der Waals surface area contributed by atoms with Gasteiger partial charge < -0.3 is 15.4 Å². The van der Waals surface area contributed by atoms with E-state index < -0.39 is 0 Å². The highest BCUT2D eigenvalue weighted by Gasteiger charge is 2.26. The van der Waals surface area contributed by atoms with E-state index >= 15 is 0 Å². The molecule has 6 nitrogen and oxygen atoms in total. The van der Waals surface area contributed by atoms with Gasteiger partial charge in [-0.15, -0.1) is 0 Å². The molecular formula is C23H25Cl3N4O2. The highest BCUT2D eigenvalue weighted by Crippen LogP contribution is 2.34. The van der Waals surface area contributed by atoms with Crippen LogP contribution in [0.1, 0.15) is 43.2 Å². The zero-order chi connectivity index (χ0) is 23.3. The van der Waals surface area contributed by atoms with E-state index in [0.29, 0.717) is 51.0 Å². The lowest BCUT2D eigenvalue weighted by molar-refractivity contribution is 0.0949. The van der Waals surface area contributed by atoms with Crippen LogP contribution in [0.25, 0.3) is 5.69 Å². The summed E-state index contributed by atoms with van der Waals surface area (Å²) in [6.07, 6.45) is 0.932. The third kappa shape index (κ3) is 5.75. The standard InChI is InChI=1S/C23H25Cl3N4O2/c1-4-14(3)28-13-18-21(22(31)27-5-2)29-30(20-11-8-16(25)12-19(20)26)23(18)32-17-9-6-15(24)7-10-17/h6-12,14,28H,4-5,13H2,1-3H3,(H,27,31). The Morgan fingerprint density at radius 2 is 1.78 bits per heavy atom. The Kier molecular flexibility index (Phi) is 8.43. The van der Waals surface area contributed by atoms with Crippen molar-refractivity contribution in [3.63, 3.8) is 0 Å². The second-order valence-electron chi connectivity index (χ2n) is 7.25. The van der Waals surface area contributed by atoms with Gasteiger partial charge in [-0.25, -0.2) is 0 Å². The Hall–Kier alpha value is -2.25. The molecule has 32 heavy (non-hydrogen) atoms. The van der Waals surface area contributed by atoms with Crippen LogP contribution in [0, 0.1) is 0 Å². The zero-order valence-electron chi connectivity index (χ0n) is 18.1. The molecule has 1 aromatic heterocycles. The summed E-state index contributed by atoms with van der Waals surface area (Å²) >= 11 is 18.6. The van der Waals surface area contributed by atoms with E-state index in [9.17, 15) is 4.79 Å². The van der Waals surface area contributed by atoms with Crippen molar-refractivity contribution in [3.05, 3.63) is 68.8 Å². The van der Waals surface area contributed by atoms with E-state index in [4.69, 9.17) is 39.5 Å². The summed E-state index contributed by atoms with van der Waals surface area (Å²) in [5.41, 5.74) is 1.43. The van der Waals surface area contributed by atoms with Gasteiger partial charge in [0.05, 0.1) is 16.3 Å². The van der Waals surface area contributed by atoms with Crippen molar-refractivity contribution >= 4 is 40.7 Å². The van der Waals surface area contributed by atoms with Crippen LogP contribution >= 0.6 is 34.8 Å². The molecule has 9 heteroatoms. The van der Waals surface area contributed by atoms with Gasteiger partial charge in [-0.3, -0.25) is 4.79 Å². The van der Waals surface area contributed by atoms with Gasteiger partial charge >= 0.3 is 0 Å². The Morgan fingerprint density at radius 1 is 1.09 bits per heavy atom. The first-order valence-corrected chi connectivity index (χ1v) is 11.5. The molecule has 0 aliphatic heterocycles. The summed E-state index contributed by atoms with van der Waals surface area (Å²) in [5, 5.41) is 12.3. The number of halogens is 3. The third-order valence-corrected chi connectivity index (χ3v) is 5.68. The van der Waals surface area contributed by atoms with Crippen LogP contribution in [0.4, 0.5) is 0 Å². The summed E-state index contributed by atoms with van der Waals surface area (Å²) < 4.78 is 7.77. The van der Waals surface area contributed by atoms with Crippen molar-refractivity contribution in [2.75, 3.05) is 6.54 Å². The summed E-state index contributed by atoms with van der Waals surface area (Å²) in [5.74, 6) is 0.639. The number of carbonyl (C=O) groups excluding carboxylic acids is 1. The van der Waals surface area contributed by atoms with Crippen molar-refractivity contribution in [1.29, 1.82) is 0 Å². The van der Waals surface area contributed by atoms with Crippen LogP contribution in [0.2, 0.25) is 15.1 Å². The molecule has 0 spiro atoms. The largest absolute Gasteiger partial charge is 0.439 e. The van der Waals surface area contributed by atoms with Crippen molar-refractivity contribution in [3.8, 4) is 17.3 Å². The maximum atomic E-state index is 12.9. The van der Waals surface area contributed by atoms with Gasteiger partial charge in [-0.05, 0) is 62.7 Å². The molecule has 2 aromatic carbocycles. The summed E-state index contributed by atoms with van der Waals surface area (Å²) in [6.45, 7) is 6.87. The first kappa shape index (κ1) is 24.4. The molecule has 0 fully saturated rings. The van der Waals surface area contributed by atoms with E-state index in [1.165, 1.54) is 4.68 Å². The number of amides is 1. The Labute approximate surface area is 202 Å². The lowest BCUT2D eigenvalue weighted by Crippen LogP contribution is -2.28. The highest BCUT2D eigenvalue weighted by molar-refractivity contribution is 6.35. The molecule has 2 N–H and O–H groups in total. The summed E-state index contributed by atoms with van der Waals surface area (Å²) in [7, 11) is 0. The summed E-state index contributed by atoms with van der Waals surface area (Å²) in [4.78, 5) is 12.9. The first-order valence-electron chi connectivity index (χ1n) is 10.4. The van der Waals surface area contributed by atoms with Gasteiger partial charge in [0, 0.05) is 29.2 Å². The number of carbonyl (C=O) groups is 1. The van der Waals surface area contributed by atoms with Gasteiger partial charge in [-0.1, -0.05) is 41.7 Å². The fourth-order valence-corrected chi connectivity index (χ4v) is 3.59. The third-order valence-electron chi connectivity index (χ3n) is 4.89. The number of aromatic nitrogens is 2. The number of nitrogens with zero attached hydrogens (tertiary/aromatic N) is 2. The predicted molar refractivity (Wildman–Crippen MR) is 130 cm³/mol. The number of rotatable bonds is 9. The monoisotopic (exact) mass is 494 g/mol. The quantitative estimate of drug-likeness (QED) is 0.367. The molecule has 0 radical (unpaired) electrons. The van der Waals surface area contributed by atoms with Crippen molar-refractivity contribution < 1.29 is 9.53 Å². The molecule has 170 valence electrons. The van der Waals surface area contributed by atoms with Crippen LogP contribution in [0.5, 0.6) is 11.6 Å². The van der Waals surface area contributed by atoms with Crippen molar-refractivity contribution in [2.45, 2.75) is 39.8 Å². The van der Waals surface area contributed by atoms with Gasteiger partial charge in [-0.2, -0.15) is 9.78 Å². The number of hydrogen-bond donors (Lipinski definition) is 2. The molecule has 0 saturated carbocycles. The Bertz CT molecular complexity index is 1080. The maximum absolute atomic E-state index is 12.9. The molecule has 3 aromatic rings. The van der Waals surface area contributed by atoms with Gasteiger partial charge in [0.2, 0.25) is 5.88 Å². The van der Waals surface area contributed by atoms with Crippen molar-refractivity contribution in [1.82, 2.24) is 20.4 Å². The smallest absolute Gasteiger partial charge is 0.272 e. The minimum atomic E-state index is -0.293. The molecule has 1 heterocycles. The second kappa shape index (κ2) is 11.1. The number of nitrogens with one attached hydrogen (secondary N) is 2. The van der Waals surface area contributed by atoms with Crippen LogP contribution in [0.15, 0.2) is 42.5 Å². The van der Waals surface area contributed by atoms with Gasteiger partial charge in [0.15, 0.2) is 5.69 Å². The fraction of sp³-hybridized carbons (Fsp3) is 0.304. The van der Waals surface area contributed by atoms with E-state index in [2.05, 4.69) is 29.6 Å². The summed E-state index contributed by atoms with van der Waals surface area (Å²) in [6, 6.07) is 12.3. The molecule has 0 aliphatic rings. The van der Waals surface area contributed by atoms with Crippen LogP contribution in [0.3, 0.4) is 0 Å². The maximum Gasteiger partial charge on any atom is 0.272 e. The Balaban J connectivity index is 2.18. The minimum Gasteiger partial charge on any atom is -0.439 e. The van der Waals surface area contributed by atoms with E-state index in [1.807, 2.05) is 6.92 Å². The molecule has 0 saturated heterocycles.